The summed E-state index contributed by atoms with van der Waals surface area (Å²) < 4.78 is 8.38. The number of hydrogen-bond acceptors (Lipinski definition) is 1. The Hall–Kier alpha value is -1.93. The third kappa shape index (κ3) is 2.10. The normalized spacial score (nSPS) is 13.3. The van der Waals surface area contributed by atoms with Gasteiger partial charge in [-0.1, -0.05) is 30.3 Å². The lowest BCUT2D eigenvalue weighted by molar-refractivity contribution is 0.327. The Labute approximate surface area is 135 Å². The predicted octanol–water partition coefficient (Wildman–Crippen LogP) is 4.87. The summed E-state index contributed by atoms with van der Waals surface area (Å²) in [4.78, 5) is 0. The topological polar surface area (TPSA) is 14.2 Å². The van der Waals surface area contributed by atoms with Gasteiger partial charge in [0.25, 0.3) is 0 Å². The van der Waals surface area contributed by atoms with Gasteiger partial charge in [-0.05, 0) is 30.2 Å². The lowest BCUT2D eigenvalue weighted by Gasteiger charge is -2.12. The van der Waals surface area contributed by atoms with Gasteiger partial charge in [0.1, 0.15) is 5.75 Å². The van der Waals surface area contributed by atoms with Gasteiger partial charge in [-0.3, -0.25) is 0 Å². The van der Waals surface area contributed by atoms with Gasteiger partial charge in [0.05, 0.1) is 12.3 Å². The number of hydrogen-bond donors (Lipinski definition) is 0. The Morgan fingerprint density at radius 3 is 2.77 bits per heavy atom. The molecule has 2 heterocycles. The molecule has 0 N–H and O–H groups in total. The minimum Gasteiger partial charge on any atom is -0.493 e. The SMILES string of the molecule is ClCCCn1c2c(c3ccccc31)CCOc1ccccc1-2. The maximum Gasteiger partial charge on any atom is 0.128 e. The highest BCUT2D eigenvalue weighted by Crippen LogP contribution is 2.40. The molecule has 3 aromatic rings. The average Bonchev–Trinajstić information content (AvgIpc) is 2.74. The van der Waals surface area contributed by atoms with Crippen LogP contribution in [0, 0.1) is 0 Å². The van der Waals surface area contributed by atoms with E-state index in [0.717, 1.165) is 31.7 Å². The van der Waals surface area contributed by atoms with Crippen molar-refractivity contribution in [1.82, 2.24) is 4.57 Å². The van der Waals surface area contributed by atoms with Crippen molar-refractivity contribution in [1.29, 1.82) is 0 Å². The summed E-state index contributed by atoms with van der Waals surface area (Å²) >= 11 is 5.95. The molecule has 0 saturated carbocycles. The van der Waals surface area contributed by atoms with Crippen LogP contribution in [0.5, 0.6) is 5.75 Å². The van der Waals surface area contributed by atoms with Crippen LogP contribution in [-0.2, 0) is 13.0 Å². The van der Waals surface area contributed by atoms with Crippen LogP contribution in [-0.4, -0.2) is 17.1 Å². The van der Waals surface area contributed by atoms with Crippen LogP contribution in [0.15, 0.2) is 48.5 Å². The van der Waals surface area contributed by atoms with Crippen LogP contribution in [0.2, 0.25) is 0 Å². The highest BCUT2D eigenvalue weighted by Gasteiger charge is 2.22. The first-order chi connectivity index (χ1) is 10.9. The first kappa shape index (κ1) is 13.7. The number of nitrogens with zero attached hydrogens (tertiary/aromatic N) is 1. The number of rotatable bonds is 3. The molecule has 2 nitrogen and oxygen atoms in total. The van der Waals surface area contributed by atoms with E-state index in [9.17, 15) is 0 Å². The molecular weight excluding hydrogens is 294 g/mol. The smallest absolute Gasteiger partial charge is 0.128 e. The van der Waals surface area contributed by atoms with E-state index in [1.165, 1.54) is 27.7 Å². The number of alkyl halides is 1. The van der Waals surface area contributed by atoms with Crippen molar-refractivity contribution < 1.29 is 4.74 Å². The van der Waals surface area contributed by atoms with E-state index in [0.29, 0.717) is 5.88 Å². The van der Waals surface area contributed by atoms with Crippen LogP contribution in [0.4, 0.5) is 0 Å². The highest BCUT2D eigenvalue weighted by atomic mass is 35.5. The zero-order valence-electron chi connectivity index (χ0n) is 12.4. The molecule has 1 aromatic heterocycles. The largest absolute Gasteiger partial charge is 0.493 e. The van der Waals surface area contributed by atoms with Gasteiger partial charge in [-0.25, -0.2) is 0 Å². The number of fused-ring (bicyclic) bond motifs is 5. The molecule has 0 unspecified atom stereocenters. The van der Waals surface area contributed by atoms with E-state index in [4.69, 9.17) is 16.3 Å². The fourth-order valence-electron chi connectivity index (χ4n) is 3.44. The van der Waals surface area contributed by atoms with Crippen molar-refractivity contribution >= 4 is 22.5 Å². The summed E-state index contributed by atoms with van der Waals surface area (Å²) in [6.45, 7) is 1.67. The summed E-state index contributed by atoms with van der Waals surface area (Å²) in [5, 5.41) is 1.34. The van der Waals surface area contributed by atoms with Crippen molar-refractivity contribution in [2.45, 2.75) is 19.4 Å². The summed E-state index contributed by atoms with van der Waals surface area (Å²) in [6.07, 6.45) is 1.91. The van der Waals surface area contributed by atoms with Crippen molar-refractivity contribution in [3.05, 3.63) is 54.1 Å². The van der Waals surface area contributed by atoms with E-state index < -0.39 is 0 Å². The van der Waals surface area contributed by atoms with Crippen molar-refractivity contribution in [3.8, 4) is 17.0 Å². The third-order valence-corrected chi connectivity index (χ3v) is 4.61. The molecule has 0 atom stereocenters. The zero-order chi connectivity index (χ0) is 14.9. The van der Waals surface area contributed by atoms with Crippen LogP contribution in [0.25, 0.3) is 22.2 Å². The highest BCUT2D eigenvalue weighted by molar-refractivity contribution is 6.17. The van der Waals surface area contributed by atoms with E-state index in [1.807, 2.05) is 6.07 Å². The minimum absolute atomic E-state index is 0.680. The molecule has 22 heavy (non-hydrogen) atoms. The van der Waals surface area contributed by atoms with Gasteiger partial charge in [0.15, 0.2) is 0 Å². The maximum absolute atomic E-state index is 5.96. The molecule has 0 aliphatic carbocycles. The van der Waals surface area contributed by atoms with E-state index in [-0.39, 0.29) is 0 Å². The van der Waals surface area contributed by atoms with Crippen LogP contribution in [0.3, 0.4) is 0 Å². The average molecular weight is 312 g/mol. The number of ether oxygens (including phenoxy) is 1. The van der Waals surface area contributed by atoms with E-state index in [1.54, 1.807) is 0 Å². The summed E-state index contributed by atoms with van der Waals surface area (Å²) in [6, 6.07) is 17.0. The Morgan fingerprint density at radius 1 is 1.05 bits per heavy atom. The zero-order valence-corrected chi connectivity index (χ0v) is 13.1. The molecule has 0 fully saturated rings. The predicted molar refractivity (Wildman–Crippen MR) is 91.9 cm³/mol. The second-order valence-electron chi connectivity index (χ2n) is 5.63. The molecular formula is C19H18ClNO. The Kier molecular flexibility index (Phi) is 3.55. The number of aryl methyl sites for hydroxylation is 1. The molecule has 112 valence electrons. The van der Waals surface area contributed by atoms with Crippen molar-refractivity contribution in [2.24, 2.45) is 0 Å². The summed E-state index contributed by atoms with van der Waals surface area (Å²) in [7, 11) is 0. The fraction of sp³-hybridized carbons (Fsp3) is 0.263. The number of benzene rings is 2. The van der Waals surface area contributed by atoms with E-state index in [2.05, 4.69) is 47.0 Å². The van der Waals surface area contributed by atoms with Gasteiger partial charge < -0.3 is 9.30 Å². The molecule has 1 aliphatic heterocycles. The molecule has 3 heteroatoms. The fourth-order valence-corrected chi connectivity index (χ4v) is 3.56. The minimum atomic E-state index is 0.680. The van der Waals surface area contributed by atoms with Gasteiger partial charge in [-0.15, -0.1) is 11.6 Å². The van der Waals surface area contributed by atoms with Crippen molar-refractivity contribution in [2.75, 3.05) is 12.5 Å². The quantitative estimate of drug-likeness (QED) is 0.629. The second-order valence-corrected chi connectivity index (χ2v) is 6.01. The molecule has 0 bridgehead atoms. The molecule has 0 saturated heterocycles. The van der Waals surface area contributed by atoms with Crippen molar-refractivity contribution in [3.63, 3.8) is 0 Å². The first-order valence-corrected chi connectivity index (χ1v) is 8.32. The molecule has 0 spiro atoms. The number of halogens is 1. The second kappa shape index (κ2) is 5.69. The maximum atomic E-state index is 5.96. The number of aromatic nitrogens is 1. The van der Waals surface area contributed by atoms with Gasteiger partial charge in [0.2, 0.25) is 0 Å². The Morgan fingerprint density at radius 2 is 1.86 bits per heavy atom. The lowest BCUT2D eigenvalue weighted by atomic mass is 10.0. The standard InChI is InChI=1S/C19H18ClNO/c20-11-5-12-21-17-8-3-1-6-14(17)15-10-13-22-18-9-4-2-7-16(18)19(15)21/h1-4,6-9H,5,10-13H2. The van der Waals surface area contributed by atoms with Crippen LogP contribution in [0.1, 0.15) is 12.0 Å². The molecule has 0 amide bonds. The first-order valence-electron chi connectivity index (χ1n) is 7.78. The number of para-hydroxylation sites is 2. The third-order valence-electron chi connectivity index (χ3n) is 4.34. The molecule has 1 aliphatic rings. The molecule has 4 rings (SSSR count). The lowest BCUT2D eigenvalue weighted by Crippen LogP contribution is -2.01. The molecule has 0 radical (unpaired) electrons. The van der Waals surface area contributed by atoms with Gasteiger partial charge in [0, 0.05) is 35.3 Å². The Balaban J connectivity index is 2.04. The van der Waals surface area contributed by atoms with Crippen LogP contribution < -0.4 is 4.74 Å². The van der Waals surface area contributed by atoms with Gasteiger partial charge in [-0.2, -0.15) is 0 Å². The Bertz CT molecular complexity index is 821. The van der Waals surface area contributed by atoms with Gasteiger partial charge >= 0.3 is 0 Å². The summed E-state index contributed by atoms with van der Waals surface area (Å²) in [5.74, 6) is 1.66. The van der Waals surface area contributed by atoms with Crippen LogP contribution >= 0.6 is 11.6 Å². The monoisotopic (exact) mass is 311 g/mol. The summed E-state index contributed by atoms with van der Waals surface area (Å²) in [5.41, 5.74) is 5.20. The van der Waals surface area contributed by atoms with E-state index >= 15 is 0 Å². The molecule has 2 aromatic carbocycles.